The van der Waals surface area contributed by atoms with Crippen LogP contribution in [0.1, 0.15) is 38.2 Å². The van der Waals surface area contributed by atoms with E-state index in [-0.39, 0.29) is 5.41 Å². The van der Waals surface area contributed by atoms with Crippen LogP contribution in [0.4, 0.5) is 0 Å². The summed E-state index contributed by atoms with van der Waals surface area (Å²) in [5, 5.41) is 0. The van der Waals surface area contributed by atoms with Crippen LogP contribution in [0.15, 0.2) is 24.3 Å². The highest BCUT2D eigenvalue weighted by atomic mass is 16.5. The maximum Gasteiger partial charge on any atom is 0.119 e. The average molecular weight is 219 g/mol. The van der Waals surface area contributed by atoms with E-state index in [4.69, 9.17) is 10.5 Å². The topological polar surface area (TPSA) is 35.2 Å². The molecule has 0 saturated heterocycles. The molecule has 2 nitrogen and oxygen atoms in total. The normalized spacial score (nSPS) is 17.5. The van der Waals surface area contributed by atoms with Crippen molar-refractivity contribution in [3.63, 3.8) is 0 Å². The fourth-order valence-corrected chi connectivity index (χ4v) is 1.78. The third kappa shape index (κ3) is 2.56. The smallest absolute Gasteiger partial charge is 0.119 e. The van der Waals surface area contributed by atoms with Crippen molar-refractivity contribution in [3.05, 3.63) is 29.8 Å². The molecule has 0 spiro atoms. The Morgan fingerprint density at radius 2 is 2.12 bits per heavy atom. The summed E-state index contributed by atoms with van der Waals surface area (Å²) in [7, 11) is 0. The van der Waals surface area contributed by atoms with Crippen LogP contribution in [0.3, 0.4) is 0 Å². The fourth-order valence-electron chi connectivity index (χ4n) is 1.78. The molecular formula is C14H21NO. The lowest BCUT2D eigenvalue weighted by molar-refractivity contribution is 0.238. The second kappa shape index (κ2) is 4.46. The van der Waals surface area contributed by atoms with Gasteiger partial charge in [-0.2, -0.15) is 0 Å². The molecule has 2 rings (SSSR count). The fraction of sp³-hybridized carbons (Fsp3) is 0.571. The minimum absolute atomic E-state index is 0.286. The first-order valence-electron chi connectivity index (χ1n) is 6.08. The summed E-state index contributed by atoms with van der Waals surface area (Å²) in [5.74, 6) is 1.53. The number of hydrogen-bond donors (Lipinski definition) is 1. The Morgan fingerprint density at radius 3 is 2.69 bits per heavy atom. The highest BCUT2D eigenvalue weighted by Crippen LogP contribution is 2.44. The summed E-state index contributed by atoms with van der Waals surface area (Å²) < 4.78 is 5.83. The lowest BCUT2D eigenvalue weighted by Crippen LogP contribution is -2.22. The Labute approximate surface area is 97.8 Å². The van der Waals surface area contributed by atoms with Gasteiger partial charge in [0.05, 0.1) is 6.61 Å². The van der Waals surface area contributed by atoms with Crippen LogP contribution in [0.25, 0.3) is 0 Å². The molecule has 1 aromatic rings. The number of rotatable bonds is 5. The minimum Gasteiger partial charge on any atom is -0.493 e. The monoisotopic (exact) mass is 219 g/mol. The molecule has 1 aromatic carbocycles. The largest absolute Gasteiger partial charge is 0.493 e. The highest BCUT2D eigenvalue weighted by molar-refractivity contribution is 5.30. The molecule has 0 aromatic heterocycles. The van der Waals surface area contributed by atoms with Gasteiger partial charge in [0, 0.05) is 12.0 Å². The van der Waals surface area contributed by atoms with Gasteiger partial charge >= 0.3 is 0 Å². The highest BCUT2D eigenvalue weighted by Gasteiger charge is 2.42. The number of ether oxygens (including phenoxy) is 1. The summed E-state index contributed by atoms with van der Waals surface area (Å²) in [6.07, 6.45) is 2.43. The van der Waals surface area contributed by atoms with Gasteiger partial charge in [0.25, 0.3) is 0 Å². The molecular weight excluding hydrogens is 198 g/mol. The molecule has 88 valence electrons. The van der Waals surface area contributed by atoms with Crippen molar-refractivity contribution in [2.75, 3.05) is 13.2 Å². The van der Waals surface area contributed by atoms with Crippen molar-refractivity contribution in [3.8, 4) is 5.75 Å². The van der Waals surface area contributed by atoms with Crippen LogP contribution >= 0.6 is 0 Å². The van der Waals surface area contributed by atoms with E-state index in [1.807, 2.05) is 6.07 Å². The molecule has 0 amide bonds. The molecule has 0 bridgehead atoms. The first kappa shape index (κ1) is 11.5. The van der Waals surface area contributed by atoms with Crippen LogP contribution in [-0.4, -0.2) is 13.2 Å². The Bertz CT molecular complexity index is 356. The van der Waals surface area contributed by atoms with E-state index in [9.17, 15) is 0 Å². The van der Waals surface area contributed by atoms with Gasteiger partial charge in [-0.3, -0.25) is 0 Å². The second-order valence-corrected chi connectivity index (χ2v) is 5.22. The molecule has 1 fully saturated rings. The number of nitrogens with two attached hydrogens (primary N) is 1. The standard InChI is InChI=1S/C14H21NO/c1-11(2)12-4-3-5-13(8-12)16-10-14(9-15)6-7-14/h3-5,8,11H,6-7,9-10,15H2,1-2H3. The molecule has 1 saturated carbocycles. The molecule has 0 atom stereocenters. The second-order valence-electron chi connectivity index (χ2n) is 5.22. The van der Waals surface area contributed by atoms with Gasteiger partial charge in [-0.05, 0) is 36.5 Å². The molecule has 2 heteroatoms. The first-order valence-corrected chi connectivity index (χ1v) is 6.08. The zero-order chi connectivity index (χ0) is 11.6. The van der Waals surface area contributed by atoms with Gasteiger partial charge < -0.3 is 10.5 Å². The van der Waals surface area contributed by atoms with Crippen LogP contribution in [-0.2, 0) is 0 Å². The van der Waals surface area contributed by atoms with Gasteiger partial charge in [-0.1, -0.05) is 26.0 Å². The Balaban J connectivity index is 1.96. The maximum absolute atomic E-state index is 5.83. The molecule has 0 aliphatic heterocycles. The van der Waals surface area contributed by atoms with Gasteiger partial charge in [-0.25, -0.2) is 0 Å². The Morgan fingerprint density at radius 1 is 1.38 bits per heavy atom. The Hall–Kier alpha value is -1.02. The lowest BCUT2D eigenvalue weighted by atomic mass is 10.0. The van der Waals surface area contributed by atoms with E-state index in [0.717, 1.165) is 18.9 Å². The third-order valence-electron chi connectivity index (χ3n) is 3.46. The minimum atomic E-state index is 0.286. The zero-order valence-corrected chi connectivity index (χ0v) is 10.2. The molecule has 0 radical (unpaired) electrons. The van der Waals surface area contributed by atoms with Crippen LogP contribution < -0.4 is 10.5 Å². The SMILES string of the molecule is CC(C)c1cccc(OCC2(CN)CC2)c1. The summed E-state index contributed by atoms with van der Waals surface area (Å²) in [5.41, 5.74) is 7.35. The average Bonchev–Trinajstić information content (AvgIpc) is 3.07. The van der Waals surface area contributed by atoms with Gasteiger partial charge in [-0.15, -0.1) is 0 Å². The molecule has 16 heavy (non-hydrogen) atoms. The van der Waals surface area contributed by atoms with E-state index in [0.29, 0.717) is 5.92 Å². The van der Waals surface area contributed by atoms with Crippen LogP contribution in [0.2, 0.25) is 0 Å². The Kier molecular flexibility index (Phi) is 3.20. The summed E-state index contributed by atoms with van der Waals surface area (Å²) >= 11 is 0. The third-order valence-corrected chi connectivity index (χ3v) is 3.46. The first-order chi connectivity index (χ1) is 7.65. The van der Waals surface area contributed by atoms with E-state index in [1.165, 1.54) is 18.4 Å². The van der Waals surface area contributed by atoms with Crippen molar-refractivity contribution in [2.45, 2.75) is 32.6 Å². The zero-order valence-electron chi connectivity index (χ0n) is 10.2. The summed E-state index contributed by atoms with van der Waals surface area (Å²) in [6.45, 7) is 5.91. The maximum atomic E-state index is 5.83. The quantitative estimate of drug-likeness (QED) is 0.826. The van der Waals surface area contributed by atoms with Crippen molar-refractivity contribution in [2.24, 2.45) is 11.1 Å². The number of hydrogen-bond acceptors (Lipinski definition) is 2. The van der Waals surface area contributed by atoms with Gasteiger partial charge in [0.1, 0.15) is 5.75 Å². The van der Waals surface area contributed by atoms with Crippen molar-refractivity contribution in [1.29, 1.82) is 0 Å². The van der Waals surface area contributed by atoms with E-state index >= 15 is 0 Å². The lowest BCUT2D eigenvalue weighted by Gasteiger charge is -2.15. The van der Waals surface area contributed by atoms with Crippen molar-refractivity contribution in [1.82, 2.24) is 0 Å². The molecule has 0 heterocycles. The molecule has 1 aliphatic carbocycles. The van der Waals surface area contributed by atoms with Crippen LogP contribution in [0.5, 0.6) is 5.75 Å². The van der Waals surface area contributed by atoms with Crippen molar-refractivity contribution >= 4 is 0 Å². The van der Waals surface area contributed by atoms with E-state index < -0.39 is 0 Å². The summed E-state index contributed by atoms with van der Waals surface area (Å²) in [4.78, 5) is 0. The van der Waals surface area contributed by atoms with Gasteiger partial charge in [0.2, 0.25) is 0 Å². The number of benzene rings is 1. The molecule has 2 N–H and O–H groups in total. The molecule has 0 unspecified atom stereocenters. The van der Waals surface area contributed by atoms with Crippen molar-refractivity contribution < 1.29 is 4.74 Å². The summed E-state index contributed by atoms with van der Waals surface area (Å²) in [6, 6.07) is 8.37. The van der Waals surface area contributed by atoms with E-state index in [1.54, 1.807) is 0 Å². The van der Waals surface area contributed by atoms with Gasteiger partial charge in [0.15, 0.2) is 0 Å². The van der Waals surface area contributed by atoms with Crippen LogP contribution in [0, 0.1) is 5.41 Å². The predicted molar refractivity (Wildman–Crippen MR) is 66.7 cm³/mol. The van der Waals surface area contributed by atoms with E-state index in [2.05, 4.69) is 32.0 Å². The predicted octanol–water partition coefficient (Wildman–Crippen LogP) is 2.93. The molecule has 1 aliphatic rings.